The topological polar surface area (TPSA) is 26.0 Å². The maximum atomic E-state index is 6.06. The van der Waals surface area contributed by atoms with E-state index in [9.17, 15) is 0 Å². The molecule has 0 aliphatic carbocycles. The van der Waals surface area contributed by atoms with Crippen molar-refractivity contribution in [1.82, 2.24) is 4.98 Å². The SMILES string of the molecule is c1ccc2nc3c(cc2c1)c1cccc2oc4cccc3c4c21. The fourth-order valence-corrected chi connectivity index (χ4v) is 3.81. The molecule has 0 radical (unpaired) electrons. The van der Waals surface area contributed by atoms with Crippen LogP contribution in [0.2, 0.25) is 0 Å². The molecule has 23 heavy (non-hydrogen) atoms. The normalized spacial score (nSPS) is 12.3. The van der Waals surface area contributed by atoms with Crippen LogP contribution in [0.5, 0.6) is 0 Å². The monoisotopic (exact) mass is 293 g/mol. The first-order valence-corrected chi connectivity index (χ1v) is 7.75. The van der Waals surface area contributed by atoms with Crippen LogP contribution in [0.1, 0.15) is 0 Å². The smallest absolute Gasteiger partial charge is 0.136 e. The quantitative estimate of drug-likeness (QED) is 0.258. The lowest BCUT2D eigenvalue weighted by Gasteiger charge is -2.08. The van der Waals surface area contributed by atoms with Crippen molar-refractivity contribution < 1.29 is 4.42 Å². The maximum Gasteiger partial charge on any atom is 0.136 e. The highest BCUT2D eigenvalue weighted by Gasteiger charge is 2.17. The Balaban J connectivity index is 2.06. The number of aromatic nitrogens is 1. The zero-order chi connectivity index (χ0) is 15.0. The summed E-state index contributed by atoms with van der Waals surface area (Å²) in [7, 11) is 0. The van der Waals surface area contributed by atoms with Gasteiger partial charge in [0.15, 0.2) is 0 Å². The highest BCUT2D eigenvalue weighted by molar-refractivity contribution is 6.32. The Labute approximate surface area is 131 Å². The van der Waals surface area contributed by atoms with Crippen LogP contribution < -0.4 is 0 Å². The molecule has 6 rings (SSSR count). The van der Waals surface area contributed by atoms with Crippen molar-refractivity contribution in [2.24, 2.45) is 0 Å². The van der Waals surface area contributed by atoms with Gasteiger partial charge in [0.2, 0.25) is 0 Å². The molecular formula is C21H11NO. The largest absolute Gasteiger partial charge is 0.456 e. The Hall–Kier alpha value is -3.13. The van der Waals surface area contributed by atoms with E-state index in [2.05, 4.69) is 42.5 Å². The summed E-state index contributed by atoms with van der Waals surface area (Å²) in [5.41, 5.74) is 3.97. The molecule has 106 valence electrons. The molecule has 2 nitrogen and oxygen atoms in total. The number of hydrogen-bond donors (Lipinski definition) is 0. The predicted molar refractivity (Wildman–Crippen MR) is 95.2 cm³/mol. The van der Waals surface area contributed by atoms with E-state index in [1.165, 1.54) is 32.3 Å². The molecule has 0 unspecified atom stereocenters. The molecule has 4 aromatic carbocycles. The van der Waals surface area contributed by atoms with Crippen LogP contribution in [0.25, 0.3) is 54.5 Å². The molecule has 6 aromatic rings. The van der Waals surface area contributed by atoms with Gasteiger partial charge in [-0.15, -0.1) is 0 Å². The van der Waals surface area contributed by atoms with Gasteiger partial charge >= 0.3 is 0 Å². The second kappa shape index (κ2) is 3.79. The Bertz CT molecular complexity index is 1260. The van der Waals surface area contributed by atoms with Crippen LogP contribution in [0.3, 0.4) is 0 Å². The van der Waals surface area contributed by atoms with Crippen LogP contribution in [-0.4, -0.2) is 4.98 Å². The van der Waals surface area contributed by atoms with Crippen molar-refractivity contribution >= 4 is 54.5 Å². The minimum Gasteiger partial charge on any atom is -0.456 e. The van der Waals surface area contributed by atoms with Crippen LogP contribution in [0.4, 0.5) is 0 Å². The standard InChI is InChI=1S/C21H11NO/c1-2-8-16-12(5-1)11-15-13-6-3-9-17-19(13)20-14(21(15)22-16)7-4-10-18(20)23-17/h1-11H. The number of benzene rings is 4. The first-order valence-electron chi connectivity index (χ1n) is 7.75. The lowest BCUT2D eigenvalue weighted by molar-refractivity contribution is 0.669. The van der Waals surface area contributed by atoms with Crippen LogP contribution in [-0.2, 0) is 0 Å². The second-order valence-corrected chi connectivity index (χ2v) is 6.04. The van der Waals surface area contributed by atoms with Crippen LogP contribution in [0.15, 0.2) is 71.1 Å². The Morgan fingerprint density at radius 3 is 2.26 bits per heavy atom. The zero-order valence-corrected chi connectivity index (χ0v) is 12.2. The van der Waals surface area contributed by atoms with Crippen molar-refractivity contribution in [3.63, 3.8) is 0 Å². The molecule has 2 heteroatoms. The Morgan fingerprint density at radius 1 is 0.652 bits per heavy atom. The first-order chi connectivity index (χ1) is 11.4. The van der Waals surface area contributed by atoms with E-state index < -0.39 is 0 Å². The minimum absolute atomic E-state index is 0.936. The van der Waals surface area contributed by atoms with E-state index in [0.29, 0.717) is 0 Å². The highest BCUT2D eigenvalue weighted by Crippen LogP contribution is 2.42. The van der Waals surface area contributed by atoms with E-state index in [1.54, 1.807) is 0 Å². The molecule has 0 spiro atoms. The molecule has 2 heterocycles. The number of para-hydroxylation sites is 1. The van der Waals surface area contributed by atoms with Gasteiger partial charge in [0.1, 0.15) is 11.2 Å². The van der Waals surface area contributed by atoms with Crippen molar-refractivity contribution in [2.45, 2.75) is 0 Å². The molecule has 0 saturated carbocycles. The van der Waals surface area contributed by atoms with Gasteiger partial charge < -0.3 is 4.42 Å². The van der Waals surface area contributed by atoms with E-state index in [0.717, 1.165) is 22.2 Å². The lowest BCUT2D eigenvalue weighted by Crippen LogP contribution is -1.86. The molecule has 0 bridgehead atoms. The first kappa shape index (κ1) is 11.4. The maximum absolute atomic E-state index is 6.06. The number of fused-ring (bicyclic) bond motifs is 4. The molecular weight excluding hydrogens is 282 g/mol. The summed E-state index contributed by atoms with van der Waals surface area (Å²) in [6.07, 6.45) is 0. The summed E-state index contributed by atoms with van der Waals surface area (Å²) in [5, 5.41) is 7.14. The van der Waals surface area contributed by atoms with Crippen LogP contribution in [0, 0.1) is 0 Å². The van der Waals surface area contributed by atoms with Gasteiger partial charge in [-0.05, 0) is 29.7 Å². The van der Waals surface area contributed by atoms with E-state index in [4.69, 9.17) is 9.40 Å². The summed E-state index contributed by atoms with van der Waals surface area (Å²) in [6, 6.07) is 23.0. The third-order valence-corrected chi connectivity index (χ3v) is 4.79. The number of pyridine rings is 1. The molecule has 0 aliphatic heterocycles. The van der Waals surface area contributed by atoms with Gasteiger partial charge in [0.25, 0.3) is 0 Å². The predicted octanol–water partition coefficient (Wildman–Crippen LogP) is 5.88. The second-order valence-electron chi connectivity index (χ2n) is 6.04. The lowest BCUT2D eigenvalue weighted by atomic mass is 9.96. The minimum atomic E-state index is 0.936. The fraction of sp³-hybridized carbons (Fsp3) is 0. The zero-order valence-electron chi connectivity index (χ0n) is 12.2. The summed E-state index contributed by atoms with van der Waals surface area (Å²) < 4.78 is 6.06. The van der Waals surface area contributed by atoms with Crippen LogP contribution >= 0.6 is 0 Å². The average Bonchev–Trinajstić information content (AvgIpc) is 2.99. The van der Waals surface area contributed by atoms with Gasteiger partial charge in [-0.2, -0.15) is 0 Å². The number of nitrogens with zero attached hydrogens (tertiary/aromatic N) is 1. The van der Waals surface area contributed by atoms with Gasteiger partial charge in [-0.3, -0.25) is 0 Å². The summed E-state index contributed by atoms with van der Waals surface area (Å²) in [5.74, 6) is 0. The highest BCUT2D eigenvalue weighted by atomic mass is 16.3. The molecule has 0 saturated heterocycles. The third kappa shape index (κ3) is 1.32. The van der Waals surface area contributed by atoms with E-state index in [-0.39, 0.29) is 0 Å². The Morgan fingerprint density at radius 2 is 1.39 bits per heavy atom. The molecule has 2 aromatic heterocycles. The fourth-order valence-electron chi connectivity index (χ4n) is 3.81. The van der Waals surface area contributed by atoms with Crippen molar-refractivity contribution in [3.05, 3.63) is 66.7 Å². The average molecular weight is 293 g/mol. The number of hydrogen-bond acceptors (Lipinski definition) is 2. The van der Waals surface area contributed by atoms with E-state index >= 15 is 0 Å². The van der Waals surface area contributed by atoms with Crippen molar-refractivity contribution in [3.8, 4) is 0 Å². The Kier molecular flexibility index (Phi) is 1.89. The summed E-state index contributed by atoms with van der Waals surface area (Å²) in [6.45, 7) is 0. The third-order valence-electron chi connectivity index (χ3n) is 4.79. The molecule has 0 atom stereocenters. The van der Waals surface area contributed by atoms with Crippen molar-refractivity contribution in [2.75, 3.05) is 0 Å². The van der Waals surface area contributed by atoms with Gasteiger partial charge in [0.05, 0.1) is 11.0 Å². The van der Waals surface area contributed by atoms with E-state index in [1.807, 2.05) is 24.3 Å². The molecule has 0 fully saturated rings. The van der Waals surface area contributed by atoms with Gasteiger partial charge in [-0.25, -0.2) is 4.98 Å². The molecule has 0 N–H and O–H groups in total. The number of rotatable bonds is 0. The number of furan rings is 1. The van der Waals surface area contributed by atoms with Gasteiger partial charge in [-0.1, -0.05) is 42.5 Å². The molecule has 0 amide bonds. The molecule has 0 aliphatic rings. The summed E-state index contributed by atoms with van der Waals surface area (Å²) in [4.78, 5) is 4.96. The summed E-state index contributed by atoms with van der Waals surface area (Å²) >= 11 is 0. The van der Waals surface area contributed by atoms with Gasteiger partial charge in [0, 0.05) is 26.9 Å². The van der Waals surface area contributed by atoms with Crippen molar-refractivity contribution in [1.29, 1.82) is 0 Å².